The van der Waals surface area contributed by atoms with Crippen LogP contribution in [0.4, 0.5) is 0 Å². The normalized spacial score (nSPS) is 11.6. The van der Waals surface area contributed by atoms with Gasteiger partial charge in [0.15, 0.2) is 0 Å². The fourth-order valence-corrected chi connectivity index (χ4v) is 8.07. The van der Waals surface area contributed by atoms with Crippen LogP contribution < -0.4 is 0 Å². The van der Waals surface area contributed by atoms with Crippen molar-refractivity contribution in [3.8, 4) is 44.5 Å². The fraction of sp³-hybridized carbons (Fsp3) is 0. The molecule has 0 heteroatoms. The Labute approximate surface area is 291 Å². The summed E-state index contributed by atoms with van der Waals surface area (Å²) in [5.74, 6) is 0. The molecule has 0 aliphatic rings. The molecule has 10 aromatic carbocycles. The first-order chi connectivity index (χ1) is 24.8. The zero-order valence-electron chi connectivity index (χ0n) is 27.5. The molecule has 0 N–H and O–H groups in total. The van der Waals surface area contributed by atoms with Crippen LogP contribution in [0, 0.1) is 0 Å². The summed E-state index contributed by atoms with van der Waals surface area (Å²) in [6.07, 6.45) is 0. The quantitative estimate of drug-likeness (QED) is 0.169. The average molecular weight is 633 g/mol. The van der Waals surface area contributed by atoms with Crippen molar-refractivity contribution in [3.05, 3.63) is 194 Å². The lowest BCUT2D eigenvalue weighted by Gasteiger charge is -2.20. The highest BCUT2D eigenvalue weighted by atomic mass is 14.2. The molecule has 0 spiro atoms. The molecule has 0 atom stereocenters. The van der Waals surface area contributed by atoms with Crippen molar-refractivity contribution in [2.24, 2.45) is 0 Å². The molecule has 10 rings (SSSR count). The zero-order chi connectivity index (χ0) is 33.0. The van der Waals surface area contributed by atoms with Crippen LogP contribution in [0.1, 0.15) is 0 Å². The second-order valence-corrected chi connectivity index (χ2v) is 13.2. The van der Waals surface area contributed by atoms with Gasteiger partial charge in [0.1, 0.15) is 0 Å². The lowest BCUT2D eigenvalue weighted by atomic mass is 9.83. The van der Waals surface area contributed by atoms with Crippen LogP contribution in [-0.2, 0) is 0 Å². The Morgan fingerprint density at radius 2 is 0.660 bits per heavy atom. The highest BCUT2D eigenvalue weighted by molar-refractivity contribution is 6.24. The first-order valence-corrected chi connectivity index (χ1v) is 17.3. The van der Waals surface area contributed by atoms with Crippen molar-refractivity contribution in [2.45, 2.75) is 0 Å². The first kappa shape index (κ1) is 28.5. The van der Waals surface area contributed by atoms with Gasteiger partial charge < -0.3 is 0 Å². The molecular formula is C50H32. The molecular weight excluding hydrogens is 601 g/mol. The summed E-state index contributed by atoms with van der Waals surface area (Å²) < 4.78 is 0. The van der Waals surface area contributed by atoms with Crippen molar-refractivity contribution in [1.29, 1.82) is 0 Å². The van der Waals surface area contributed by atoms with E-state index in [0.717, 1.165) is 0 Å². The standard InChI is InChI=1S/C50H32/c1-2-14-38-31-39(28-23-33(38)11-1)40-29-30-47-48(32-40)50(44-22-10-16-35-13-4-6-18-43(35)44)46-20-8-7-19-45(46)49(47)37-26-24-36(25-27-37)42-21-9-15-34-12-3-5-17-41(34)42/h1-32H. The van der Waals surface area contributed by atoms with Gasteiger partial charge in [0, 0.05) is 0 Å². The van der Waals surface area contributed by atoms with Crippen molar-refractivity contribution >= 4 is 53.9 Å². The molecule has 0 aliphatic carbocycles. The molecule has 0 saturated carbocycles. The lowest BCUT2D eigenvalue weighted by Crippen LogP contribution is -1.93. The smallest absolute Gasteiger partial charge is 0.00199 e. The van der Waals surface area contributed by atoms with Crippen LogP contribution in [0.5, 0.6) is 0 Å². The van der Waals surface area contributed by atoms with E-state index in [1.165, 1.54) is 98.4 Å². The predicted molar refractivity (Wildman–Crippen MR) is 216 cm³/mol. The highest BCUT2D eigenvalue weighted by Gasteiger charge is 2.19. The summed E-state index contributed by atoms with van der Waals surface area (Å²) in [4.78, 5) is 0. The Morgan fingerprint density at radius 1 is 0.200 bits per heavy atom. The highest BCUT2D eigenvalue weighted by Crippen LogP contribution is 2.46. The lowest BCUT2D eigenvalue weighted by molar-refractivity contribution is 1.63. The summed E-state index contributed by atoms with van der Waals surface area (Å²) in [6.45, 7) is 0. The minimum absolute atomic E-state index is 1.22. The van der Waals surface area contributed by atoms with Crippen LogP contribution in [0.15, 0.2) is 194 Å². The van der Waals surface area contributed by atoms with E-state index in [4.69, 9.17) is 0 Å². The van der Waals surface area contributed by atoms with E-state index in [-0.39, 0.29) is 0 Å². The van der Waals surface area contributed by atoms with Gasteiger partial charge >= 0.3 is 0 Å². The largest absolute Gasteiger partial charge is 0.0616 e. The van der Waals surface area contributed by atoms with Gasteiger partial charge in [-0.15, -0.1) is 0 Å². The number of hydrogen-bond donors (Lipinski definition) is 0. The molecule has 0 saturated heterocycles. The van der Waals surface area contributed by atoms with Gasteiger partial charge in [0.25, 0.3) is 0 Å². The molecule has 232 valence electrons. The minimum Gasteiger partial charge on any atom is -0.0616 e. The van der Waals surface area contributed by atoms with E-state index < -0.39 is 0 Å². The Hall–Kier alpha value is -6.50. The van der Waals surface area contributed by atoms with E-state index in [1.807, 2.05) is 0 Å². The summed E-state index contributed by atoms with van der Waals surface area (Å²) >= 11 is 0. The van der Waals surface area contributed by atoms with Crippen LogP contribution in [0.2, 0.25) is 0 Å². The first-order valence-electron chi connectivity index (χ1n) is 17.3. The summed E-state index contributed by atoms with van der Waals surface area (Å²) in [5.41, 5.74) is 9.97. The molecule has 0 aliphatic heterocycles. The van der Waals surface area contributed by atoms with Gasteiger partial charge in [-0.2, -0.15) is 0 Å². The molecule has 0 nitrogen and oxygen atoms in total. The topological polar surface area (TPSA) is 0 Å². The Kier molecular flexibility index (Phi) is 6.60. The third kappa shape index (κ3) is 4.61. The van der Waals surface area contributed by atoms with Gasteiger partial charge in [-0.05, 0) is 111 Å². The van der Waals surface area contributed by atoms with E-state index in [9.17, 15) is 0 Å². The monoisotopic (exact) mass is 632 g/mol. The van der Waals surface area contributed by atoms with E-state index in [0.29, 0.717) is 0 Å². The molecule has 0 fully saturated rings. The minimum atomic E-state index is 1.22. The van der Waals surface area contributed by atoms with Crippen molar-refractivity contribution in [2.75, 3.05) is 0 Å². The Balaban J connectivity index is 1.25. The molecule has 0 unspecified atom stereocenters. The molecule has 10 aromatic rings. The van der Waals surface area contributed by atoms with Crippen LogP contribution >= 0.6 is 0 Å². The van der Waals surface area contributed by atoms with Crippen molar-refractivity contribution in [1.82, 2.24) is 0 Å². The van der Waals surface area contributed by atoms with Crippen LogP contribution in [0.25, 0.3) is 98.4 Å². The molecule has 0 amide bonds. The second-order valence-electron chi connectivity index (χ2n) is 13.2. The molecule has 0 aromatic heterocycles. The Bertz CT molecular complexity index is 2900. The number of fused-ring (bicyclic) bond motifs is 5. The molecule has 0 heterocycles. The van der Waals surface area contributed by atoms with Gasteiger partial charge in [0.05, 0.1) is 0 Å². The maximum Gasteiger partial charge on any atom is -0.00199 e. The molecule has 50 heavy (non-hydrogen) atoms. The maximum atomic E-state index is 2.43. The number of hydrogen-bond acceptors (Lipinski definition) is 0. The van der Waals surface area contributed by atoms with Gasteiger partial charge in [-0.3, -0.25) is 0 Å². The summed E-state index contributed by atoms with van der Waals surface area (Å²) in [7, 11) is 0. The average Bonchev–Trinajstić information content (AvgIpc) is 3.19. The molecule has 0 radical (unpaired) electrons. The maximum absolute atomic E-state index is 2.43. The van der Waals surface area contributed by atoms with Gasteiger partial charge in [-0.1, -0.05) is 182 Å². The second kappa shape index (κ2) is 11.6. The van der Waals surface area contributed by atoms with Crippen LogP contribution in [0.3, 0.4) is 0 Å². The number of benzene rings is 10. The van der Waals surface area contributed by atoms with Crippen molar-refractivity contribution in [3.63, 3.8) is 0 Å². The SMILES string of the molecule is c1ccc2cc(-c3ccc4c(-c5ccc(-c6cccc7ccccc67)cc5)c5ccccc5c(-c5cccc6ccccc56)c4c3)ccc2c1. The van der Waals surface area contributed by atoms with Crippen molar-refractivity contribution < 1.29 is 0 Å². The summed E-state index contributed by atoms with van der Waals surface area (Å²) in [5, 5.41) is 12.6. The Morgan fingerprint density at radius 3 is 1.38 bits per heavy atom. The van der Waals surface area contributed by atoms with Gasteiger partial charge in [-0.25, -0.2) is 0 Å². The molecule has 0 bridgehead atoms. The van der Waals surface area contributed by atoms with Gasteiger partial charge in [0.2, 0.25) is 0 Å². The number of rotatable bonds is 4. The predicted octanol–water partition coefficient (Wildman–Crippen LogP) is 14.1. The van der Waals surface area contributed by atoms with Crippen LogP contribution in [-0.4, -0.2) is 0 Å². The fourth-order valence-electron chi connectivity index (χ4n) is 8.07. The zero-order valence-corrected chi connectivity index (χ0v) is 27.5. The summed E-state index contributed by atoms with van der Waals surface area (Å²) in [6, 6.07) is 71.4. The third-order valence-corrected chi connectivity index (χ3v) is 10.4. The van der Waals surface area contributed by atoms with E-state index in [2.05, 4.69) is 194 Å². The van der Waals surface area contributed by atoms with E-state index in [1.54, 1.807) is 0 Å². The van der Waals surface area contributed by atoms with E-state index >= 15 is 0 Å². The third-order valence-electron chi connectivity index (χ3n) is 10.4.